The van der Waals surface area contributed by atoms with E-state index >= 15 is 0 Å². The van der Waals surface area contributed by atoms with Crippen LogP contribution in [-0.4, -0.2) is 21.5 Å². The van der Waals surface area contributed by atoms with E-state index in [9.17, 15) is 13.2 Å². The number of carbonyl (C=O) groups excluding carboxylic acids is 1. The summed E-state index contributed by atoms with van der Waals surface area (Å²) in [5, 5.41) is 5.48. The molecular weight excluding hydrogens is 394 g/mol. The van der Waals surface area contributed by atoms with Gasteiger partial charge in [-0.3, -0.25) is 0 Å². The molecule has 0 heterocycles. The molecule has 0 aliphatic rings. The van der Waals surface area contributed by atoms with Gasteiger partial charge in [-0.05, 0) is 42.4 Å². The summed E-state index contributed by atoms with van der Waals surface area (Å²) in [6.45, 7) is 0.349. The van der Waals surface area contributed by atoms with E-state index in [2.05, 4.69) is 31.3 Å². The first-order chi connectivity index (χ1) is 11.4. The Bertz CT molecular complexity index is 790. The van der Waals surface area contributed by atoms with Crippen molar-refractivity contribution in [3.63, 3.8) is 0 Å². The number of urea groups is 1. The molecular formula is C16H18BrN3O3S. The molecule has 2 aromatic rings. The smallest absolute Gasteiger partial charge is 0.319 e. The molecule has 0 fully saturated rings. The van der Waals surface area contributed by atoms with Crippen molar-refractivity contribution in [3.05, 3.63) is 64.1 Å². The predicted molar refractivity (Wildman–Crippen MR) is 98.1 cm³/mol. The third-order valence-electron chi connectivity index (χ3n) is 3.25. The lowest BCUT2D eigenvalue weighted by Gasteiger charge is -2.08. The van der Waals surface area contributed by atoms with Crippen molar-refractivity contribution in [2.45, 2.75) is 12.3 Å². The summed E-state index contributed by atoms with van der Waals surface area (Å²) in [5.74, 6) is -0.0682. The molecule has 6 nitrogen and oxygen atoms in total. The van der Waals surface area contributed by atoms with Gasteiger partial charge >= 0.3 is 6.03 Å². The number of amides is 2. The monoisotopic (exact) mass is 411 g/mol. The number of carbonyl (C=O) groups is 1. The van der Waals surface area contributed by atoms with Crippen LogP contribution in [0.25, 0.3) is 0 Å². The van der Waals surface area contributed by atoms with E-state index in [1.165, 1.54) is 7.05 Å². The Balaban J connectivity index is 1.85. The number of sulfonamides is 1. The zero-order valence-electron chi connectivity index (χ0n) is 13.0. The zero-order valence-corrected chi connectivity index (χ0v) is 15.4. The second-order valence-corrected chi connectivity index (χ2v) is 7.94. The average molecular weight is 412 g/mol. The summed E-state index contributed by atoms with van der Waals surface area (Å²) in [6.07, 6.45) is 0. The first kappa shape index (κ1) is 18.4. The third-order valence-corrected chi connectivity index (χ3v) is 5.11. The predicted octanol–water partition coefficient (Wildman–Crippen LogP) is 2.82. The van der Waals surface area contributed by atoms with Crippen molar-refractivity contribution in [3.8, 4) is 0 Å². The fourth-order valence-electron chi connectivity index (χ4n) is 1.94. The van der Waals surface area contributed by atoms with Crippen molar-refractivity contribution in [2.75, 3.05) is 12.4 Å². The topological polar surface area (TPSA) is 87.3 Å². The maximum Gasteiger partial charge on any atom is 0.319 e. The summed E-state index contributed by atoms with van der Waals surface area (Å²) in [5.41, 5.74) is 2.27. The normalized spacial score (nSPS) is 11.1. The van der Waals surface area contributed by atoms with Crippen LogP contribution in [0.2, 0.25) is 0 Å². The summed E-state index contributed by atoms with van der Waals surface area (Å²) in [7, 11) is -1.90. The molecule has 0 spiro atoms. The summed E-state index contributed by atoms with van der Waals surface area (Å²) >= 11 is 3.33. The van der Waals surface area contributed by atoms with Crippen molar-refractivity contribution in [1.29, 1.82) is 0 Å². The second-order valence-electron chi connectivity index (χ2n) is 5.09. The van der Waals surface area contributed by atoms with Crippen LogP contribution in [-0.2, 0) is 22.3 Å². The molecule has 8 heteroatoms. The van der Waals surface area contributed by atoms with E-state index in [-0.39, 0.29) is 11.8 Å². The first-order valence-electron chi connectivity index (χ1n) is 7.17. The van der Waals surface area contributed by atoms with Gasteiger partial charge in [0.25, 0.3) is 0 Å². The molecule has 0 aromatic heterocycles. The fourth-order valence-corrected chi connectivity index (χ4v) is 2.98. The Kier molecular flexibility index (Phi) is 6.36. The van der Waals surface area contributed by atoms with E-state index in [1.807, 2.05) is 12.1 Å². The van der Waals surface area contributed by atoms with E-state index in [1.54, 1.807) is 36.4 Å². The van der Waals surface area contributed by atoms with Crippen LogP contribution < -0.4 is 15.4 Å². The van der Waals surface area contributed by atoms with Gasteiger partial charge in [-0.1, -0.05) is 40.2 Å². The lowest BCUT2D eigenvalue weighted by Crippen LogP contribution is -2.28. The van der Waals surface area contributed by atoms with Crippen LogP contribution in [0.1, 0.15) is 11.1 Å². The van der Waals surface area contributed by atoms with Gasteiger partial charge in [0.2, 0.25) is 10.0 Å². The van der Waals surface area contributed by atoms with Gasteiger partial charge in [-0.25, -0.2) is 17.9 Å². The Morgan fingerprint density at radius 2 is 1.58 bits per heavy atom. The first-order valence-corrected chi connectivity index (χ1v) is 9.62. The Hall–Kier alpha value is -1.90. The average Bonchev–Trinajstić information content (AvgIpc) is 2.56. The van der Waals surface area contributed by atoms with Gasteiger partial charge in [-0.2, -0.15) is 0 Å². The molecule has 0 bridgehead atoms. The highest BCUT2D eigenvalue weighted by Gasteiger charge is 2.08. The fraction of sp³-hybridized carbons (Fsp3) is 0.188. The molecule has 0 unspecified atom stereocenters. The zero-order chi connectivity index (χ0) is 17.6. The van der Waals surface area contributed by atoms with Crippen LogP contribution in [0.3, 0.4) is 0 Å². The van der Waals surface area contributed by atoms with E-state index < -0.39 is 10.0 Å². The van der Waals surface area contributed by atoms with E-state index in [4.69, 9.17) is 0 Å². The molecule has 2 amide bonds. The Morgan fingerprint density at radius 1 is 1.00 bits per heavy atom. The van der Waals surface area contributed by atoms with Gasteiger partial charge < -0.3 is 10.6 Å². The quantitative estimate of drug-likeness (QED) is 0.682. The number of hydrogen-bond acceptors (Lipinski definition) is 3. The van der Waals surface area contributed by atoms with Gasteiger partial charge in [0.05, 0.1) is 5.75 Å². The van der Waals surface area contributed by atoms with Gasteiger partial charge in [-0.15, -0.1) is 0 Å². The second kappa shape index (κ2) is 8.27. The molecule has 0 saturated heterocycles. The molecule has 0 aliphatic heterocycles. The van der Waals surface area contributed by atoms with Crippen LogP contribution >= 0.6 is 15.9 Å². The lowest BCUT2D eigenvalue weighted by atomic mass is 10.1. The molecule has 0 aliphatic carbocycles. The molecule has 128 valence electrons. The maximum absolute atomic E-state index is 11.8. The maximum atomic E-state index is 11.8. The number of anilines is 1. The Morgan fingerprint density at radius 3 is 2.17 bits per heavy atom. The molecule has 0 atom stereocenters. The summed E-state index contributed by atoms with van der Waals surface area (Å²) < 4.78 is 26.2. The van der Waals surface area contributed by atoms with Crippen LogP contribution in [0.15, 0.2) is 53.0 Å². The molecule has 3 N–H and O–H groups in total. The number of halogens is 1. The molecule has 0 saturated carbocycles. The molecule has 2 aromatic carbocycles. The number of rotatable bonds is 6. The summed E-state index contributed by atoms with van der Waals surface area (Å²) in [4.78, 5) is 11.8. The molecule has 2 rings (SSSR count). The van der Waals surface area contributed by atoms with Gasteiger partial charge in [0.1, 0.15) is 0 Å². The van der Waals surface area contributed by atoms with Gasteiger partial charge in [0, 0.05) is 16.7 Å². The minimum absolute atomic E-state index is 0.0682. The highest BCUT2D eigenvalue weighted by molar-refractivity contribution is 9.10. The standard InChI is InChI=1S/C16H18BrN3O3S/c1-18-24(22,23)11-13-4-2-12(3-5-13)10-19-16(21)20-15-8-6-14(17)7-9-15/h2-9,18H,10-11H2,1H3,(H2,19,20,21). The van der Waals surface area contributed by atoms with Crippen molar-refractivity contribution >= 4 is 37.7 Å². The van der Waals surface area contributed by atoms with E-state index in [0.717, 1.165) is 10.0 Å². The summed E-state index contributed by atoms with van der Waals surface area (Å²) in [6, 6.07) is 14.0. The van der Waals surface area contributed by atoms with Crippen molar-refractivity contribution < 1.29 is 13.2 Å². The van der Waals surface area contributed by atoms with Crippen molar-refractivity contribution in [2.24, 2.45) is 0 Å². The molecule has 0 radical (unpaired) electrons. The molecule has 24 heavy (non-hydrogen) atoms. The highest BCUT2D eigenvalue weighted by atomic mass is 79.9. The number of hydrogen-bond donors (Lipinski definition) is 3. The third kappa shape index (κ3) is 5.95. The lowest BCUT2D eigenvalue weighted by molar-refractivity contribution is 0.251. The van der Waals surface area contributed by atoms with E-state index in [0.29, 0.717) is 17.8 Å². The van der Waals surface area contributed by atoms with Gasteiger partial charge in [0.15, 0.2) is 0 Å². The highest BCUT2D eigenvalue weighted by Crippen LogP contribution is 2.14. The number of benzene rings is 2. The van der Waals surface area contributed by atoms with Crippen LogP contribution in [0.4, 0.5) is 10.5 Å². The van der Waals surface area contributed by atoms with Crippen molar-refractivity contribution in [1.82, 2.24) is 10.0 Å². The largest absolute Gasteiger partial charge is 0.334 e. The Labute approximate surface area is 149 Å². The minimum Gasteiger partial charge on any atom is -0.334 e. The van der Waals surface area contributed by atoms with Crippen LogP contribution in [0, 0.1) is 0 Å². The minimum atomic E-state index is -3.28. The SMILES string of the molecule is CNS(=O)(=O)Cc1ccc(CNC(=O)Nc2ccc(Br)cc2)cc1. The number of nitrogens with one attached hydrogen (secondary N) is 3. The van der Waals surface area contributed by atoms with Crippen LogP contribution in [0.5, 0.6) is 0 Å².